The summed E-state index contributed by atoms with van der Waals surface area (Å²) in [6.07, 6.45) is 0.161. The van der Waals surface area contributed by atoms with Crippen molar-refractivity contribution >= 4 is 17.6 Å². The predicted molar refractivity (Wildman–Crippen MR) is 94.2 cm³/mol. The molecular formula is C19H21ClO4. The fraction of sp³-hybridized carbons (Fsp3) is 0.316. The zero-order valence-electron chi connectivity index (χ0n) is 14.2. The van der Waals surface area contributed by atoms with Crippen molar-refractivity contribution in [3.63, 3.8) is 0 Å². The van der Waals surface area contributed by atoms with Gasteiger partial charge in [-0.15, -0.1) is 0 Å². The summed E-state index contributed by atoms with van der Waals surface area (Å²) >= 11 is 6.32. The number of aromatic hydroxyl groups is 1. The van der Waals surface area contributed by atoms with Gasteiger partial charge < -0.3 is 14.6 Å². The molecule has 0 saturated heterocycles. The van der Waals surface area contributed by atoms with Crippen molar-refractivity contribution < 1.29 is 19.4 Å². The molecule has 128 valence electrons. The molecular weight excluding hydrogens is 328 g/mol. The lowest BCUT2D eigenvalue weighted by molar-refractivity contribution is -0.139. The van der Waals surface area contributed by atoms with Crippen molar-refractivity contribution in [1.82, 2.24) is 0 Å². The molecule has 0 aliphatic heterocycles. The van der Waals surface area contributed by atoms with Gasteiger partial charge in [-0.25, -0.2) is 0 Å². The van der Waals surface area contributed by atoms with Crippen LogP contribution in [-0.2, 0) is 16.0 Å². The Bertz CT molecular complexity index is 730. The Labute approximate surface area is 147 Å². The lowest BCUT2D eigenvalue weighted by Crippen LogP contribution is -2.05. The number of hydrogen-bond acceptors (Lipinski definition) is 4. The lowest BCUT2D eigenvalue weighted by atomic mass is 10.0. The number of carbonyl (C=O) groups is 1. The maximum absolute atomic E-state index is 11.4. The molecule has 0 aliphatic rings. The van der Waals surface area contributed by atoms with E-state index in [1.807, 2.05) is 26.8 Å². The van der Waals surface area contributed by atoms with Gasteiger partial charge in [0.2, 0.25) is 0 Å². The van der Waals surface area contributed by atoms with Crippen LogP contribution in [0.15, 0.2) is 30.3 Å². The van der Waals surface area contributed by atoms with Gasteiger partial charge in [0.1, 0.15) is 17.2 Å². The van der Waals surface area contributed by atoms with Gasteiger partial charge in [0.15, 0.2) is 0 Å². The summed E-state index contributed by atoms with van der Waals surface area (Å²) in [5.74, 6) is 1.23. The zero-order chi connectivity index (χ0) is 17.9. The summed E-state index contributed by atoms with van der Waals surface area (Å²) in [4.78, 5) is 11.4. The van der Waals surface area contributed by atoms with Crippen LogP contribution in [0.5, 0.6) is 17.2 Å². The highest BCUT2D eigenvalue weighted by Gasteiger charge is 2.13. The smallest absolute Gasteiger partial charge is 0.309 e. The maximum Gasteiger partial charge on any atom is 0.309 e. The number of halogens is 1. The third-order valence-corrected chi connectivity index (χ3v) is 3.99. The number of methoxy groups -OCH3 is 1. The van der Waals surface area contributed by atoms with Gasteiger partial charge in [-0.05, 0) is 48.2 Å². The highest BCUT2D eigenvalue weighted by molar-refractivity contribution is 6.32. The predicted octanol–water partition coefficient (Wildman–Crippen LogP) is 4.99. The topological polar surface area (TPSA) is 55.8 Å². The number of phenols is 1. The molecule has 0 bridgehead atoms. The zero-order valence-corrected chi connectivity index (χ0v) is 15.0. The number of phenolic OH excluding ortho intramolecular Hbond substituents is 1. The molecule has 5 heteroatoms. The average Bonchev–Trinajstić information content (AvgIpc) is 2.52. The first-order chi connectivity index (χ1) is 11.3. The third kappa shape index (κ3) is 4.20. The standard InChI is InChI=1S/C19H21ClO4/c1-11(2)15-10-14(5-6-17(15)21)24-19-12(3)7-13(8-16(19)20)9-18(22)23-4/h5-8,10-11,21H,9H2,1-4H3. The molecule has 2 aromatic carbocycles. The molecule has 0 saturated carbocycles. The molecule has 2 aromatic rings. The maximum atomic E-state index is 11.4. The second kappa shape index (κ2) is 7.58. The van der Waals surface area contributed by atoms with Crippen molar-refractivity contribution in [1.29, 1.82) is 0 Å². The van der Waals surface area contributed by atoms with Gasteiger partial charge in [-0.1, -0.05) is 31.5 Å². The Kier molecular flexibility index (Phi) is 5.73. The summed E-state index contributed by atoms with van der Waals surface area (Å²) in [6, 6.07) is 8.66. The minimum atomic E-state index is -0.320. The second-order valence-electron chi connectivity index (χ2n) is 5.95. The Hall–Kier alpha value is -2.20. The van der Waals surface area contributed by atoms with E-state index in [0.29, 0.717) is 16.5 Å². The summed E-state index contributed by atoms with van der Waals surface area (Å²) < 4.78 is 10.6. The fourth-order valence-corrected chi connectivity index (χ4v) is 2.78. The number of benzene rings is 2. The monoisotopic (exact) mass is 348 g/mol. The molecule has 0 radical (unpaired) electrons. The van der Waals surface area contributed by atoms with Crippen molar-refractivity contribution in [3.8, 4) is 17.2 Å². The molecule has 0 fully saturated rings. The second-order valence-corrected chi connectivity index (χ2v) is 6.36. The van der Waals surface area contributed by atoms with Gasteiger partial charge in [0.05, 0.1) is 18.6 Å². The number of ether oxygens (including phenoxy) is 2. The lowest BCUT2D eigenvalue weighted by Gasteiger charge is -2.15. The van der Waals surface area contributed by atoms with E-state index in [1.54, 1.807) is 24.3 Å². The fourth-order valence-electron chi connectivity index (χ4n) is 2.45. The van der Waals surface area contributed by atoms with Crippen LogP contribution < -0.4 is 4.74 Å². The van der Waals surface area contributed by atoms with E-state index >= 15 is 0 Å². The third-order valence-electron chi connectivity index (χ3n) is 3.71. The van der Waals surface area contributed by atoms with Crippen molar-refractivity contribution in [2.24, 2.45) is 0 Å². The Morgan fingerprint density at radius 3 is 2.54 bits per heavy atom. The minimum Gasteiger partial charge on any atom is -0.508 e. The first-order valence-electron chi connectivity index (χ1n) is 7.68. The highest BCUT2D eigenvalue weighted by atomic mass is 35.5. The Morgan fingerprint density at radius 2 is 1.96 bits per heavy atom. The van der Waals surface area contributed by atoms with Crippen LogP contribution in [0.2, 0.25) is 5.02 Å². The number of esters is 1. The molecule has 0 atom stereocenters. The first-order valence-corrected chi connectivity index (χ1v) is 8.06. The van der Waals surface area contributed by atoms with Crippen LogP contribution in [0.4, 0.5) is 0 Å². The molecule has 2 rings (SSSR count). The summed E-state index contributed by atoms with van der Waals surface area (Å²) in [6.45, 7) is 5.86. The number of carbonyl (C=O) groups excluding carboxylic acids is 1. The molecule has 1 N–H and O–H groups in total. The largest absolute Gasteiger partial charge is 0.508 e. The minimum absolute atomic E-state index is 0.161. The van der Waals surface area contributed by atoms with Crippen LogP contribution in [0, 0.1) is 6.92 Å². The summed E-state index contributed by atoms with van der Waals surface area (Å²) in [5, 5.41) is 10.3. The molecule has 4 nitrogen and oxygen atoms in total. The Morgan fingerprint density at radius 1 is 1.25 bits per heavy atom. The normalized spacial score (nSPS) is 10.8. The first kappa shape index (κ1) is 18.1. The van der Waals surface area contributed by atoms with Gasteiger partial charge >= 0.3 is 5.97 Å². The number of rotatable bonds is 5. The average molecular weight is 349 g/mol. The number of aryl methyl sites for hydroxylation is 1. The van der Waals surface area contributed by atoms with E-state index < -0.39 is 0 Å². The van der Waals surface area contributed by atoms with E-state index in [0.717, 1.165) is 16.7 Å². The van der Waals surface area contributed by atoms with Crippen LogP contribution in [-0.4, -0.2) is 18.2 Å². The molecule has 0 aromatic heterocycles. The van der Waals surface area contributed by atoms with Crippen molar-refractivity contribution in [2.75, 3.05) is 7.11 Å². The van der Waals surface area contributed by atoms with Crippen LogP contribution >= 0.6 is 11.6 Å². The van der Waals surface area contributed by atoms with E-state index in [2.05, 4.69) is 4.74 Å². The van der Waals surface area contributed by atoms with Gasteiger partial charge in [-0.3, -0.25) is 4.79 Å². The molecule has 0 amide bonds. The molecule has 0 spiro atoms. The van der Waals surface area contributed by atoms with Crippen molar-refractivity contribution in [2.45, 2.75) is 33.1 Å². The number of hydrogen-bond donors (Lipinski definition) is 1. The quantitative estimate of drug-likeness (QED) is 0.774. The summed E-state index contributed by atoms with van der Waals surface area (Å²) in [5.41, 5.74) is 2.40. The molecule has 24 heavy (non-hydrogen) atoms. The molecule has 0 aliphatic carbocycles. The van der Waals surface area contributed by atoms with Gasteiger partial charge in [0.25, 0.3) is 0 Å². The Balaban J connectivity index is 2.30. The van der Waals surface area contributed by atoms with Crippen LogP contribution in [0.1, 0.15) is 36.5 Å². The van der Waals surface area contributed by atoms with Crippen LogP contribution in [0.3, 0.4) is 0 Å². The van der Waals surface area contributed by atoms with E-state index in [4.69, 9.17) is 16.3 Å². The van der Waals surface area contributed by atoms with Gasteiger partial charge in [0, 0.05) is 5.56 Å². The van der Waals surface area contributed by atoms with Crippen LogP contribution in [0.25, 0.3) is 0 Å². The van der Waals surface area contributed by atoms with Crippen molar-refractivity contribution in [3.05, 3.63) is 52.0 Å². The van der Waals surface area contributed by atoms with E-state index in [1.165, 1.54) is 7.11 Å². The van der Waals surface area contributed by atoms with E-state index in [-0.39, 0.29) is 24.1 Å². The van der Waals surface area contributed by atoms with E-state index in [9.17, 15) is 9.90 Å². The molecule has 0 unspecified atom stereocenters. The summed E-state index contributed by atoms with van der Waals surface area (Å²) in [7, 11) is 1.35. The van der Waals surface area contributed by atoms with Gasteiger partial charge in [-0.2, -0.15) is 0 Å². The SMILES string of the molecule is COC(=O)Cc1cc(C)c(Oc2ccc(O)c(C(C)C)c2)c(Cl)c1. The highest BCUT2D eigenvalue weighted by Crippen LogP contribution is 2.36. The molecule has 0 heterocycles.